The molecule has 3 N–H and O–H groups in total. The second-order valence-corrected chi connectivity index (χ2v) is 6.62. The Morgan fingerprint density at radius 1 is 1.16 bits per heavy atom. The highest BCUT2D eigenvalue weighted by Crippen LogP contribution is 2.27. The molecule has 2 aromatic heterocycles. The summed E-state index contributed by atoms with van der Waals surface area (Å²) in [7, 11) is 0. The number of aliphatic hydroxyl groups is 1. The summed E-state index contributed by atoms with van der Waals surface area (Å²) >= 11 is 0. The lowest BCUT2D eigenvalue weighted by Gasteiger charge is -2.13. The number of benzene rings is 1. The van der Waals surface area contributed by atoms with Gasteiger partial charge in [0.2, 0.25) is 5.95 Å². The summed E-state index contributed by atoms with van der Waals surface area (Å²) in [6, 6.07) is 7.62. The Labute approximate surface area is 147 Å². The van der Waals surface area contributed by atoms with Crippen LogP contribution >= 0.6 is 0 Å². The normalized spacial score (nSPS) is 12.5. The van der Waals surface area contributed by atoms with Crippen LogP contribution in [-0.2, 0) is 6.54 Å². The third kappa shape index (κ3) is 3.58. The first-order valence-corrected chi connectivity index (χ1v) is 8.40. The monoisotopic (exact) mass is 340 g/mol. The van der Waals surface area contributed by atoms with Gasteiger partial charge in [-0.1, -0.05) is 6.07 Å². The third-order valence-corrected chi connectivity index (χ3v) is 4.14. The molecule has 3 aromatic rings. The zero-order valence-corrected chi connectivity index (χ0v) is 15.0. The maximum atomic E-state index is 10.2. The van der Waals surface area contributed by atoms with Gasteiger partial charge in [0, 0.05) is 12.2 Å². The summed E-state index contributed by atoms with van der Waals surface area (Å²) in [5.74, 6) is 0.825. The van der Waals surface area contributed by atoms with Crippen LogP contribution in [0.1, 0.15) is 29.4 Å². The van der Waals surface area contributed by atoms with Crippen LogP contribution in [0.15, 0.2) is 24.3 Å². The molecule has 0 aliphatic rings. The van der Waals surface area contributed by atoms with Crippen molar-refractivity contribution < 1.29 is 10.2 Å². The van der Waals surface area contributed by atoms with Gasteiger partial charge in [-0.25, -0.2) is 4.98 Å². The molecule has 2 heterocycles. The fraction of sp³-hybridized carbons (Fsp3) is 0.368. The average molecular weight is 340 g/mol. The molecule has 0 aliphatic carbocycles. The van der Waals surface area contributed by atoms with E-state index in [9.17, 15) is 10.2 Å². The van der Waals surface area contributed by atoms with Crippen LogP contribution in [0.25, 0.3) is 11.0 Å². The Kier molecular flexibility index (Phi) is 4.63. The van der Waals surface area contributed by atoms with Crippen molar-refractivity contribution in [3.8, 4) is 5.75 Å². The summed E-state index contributed by atoms with van der Waals surface area (Å²) in [4.78, 5) is 9.16. The van der Waals surface area contributed by atoms with Crippen LogP contribution in [-0.4, -0.2) is 37.4 Å². The van der Waals surface area contributed by atoms with E-state index in [0.29, 0.717) is 24.7 Å². The molecule has 132 valence electrons. The maximum absolute atomic E-state index is 10.2. The van der Waals surface area contributed by atoms with Gasteiger partial charge in [0.1, 0.15) is 11.4 Å². The van der Waals surface area contributed by atoms with Crippen LogP contribution in [0.3, 0.4) is 0 Å². The Hall–Kier alpha value is -2.60. The topological polar surface area (TPSA) is 83.2 Å². The van der Waals surface area contributed by atoms with Crippen molar-refractivity contribution in [2.45, 2.75) is 40.3 Å². The molecule has 25 heavy (non-hydrogen) atoms. The number of hydrogen-bond donors (Lipinski definition) is 3. The second kappa shape index (κ2) is 6.72. The SMILES string of the molecule is Cc1cc(C)c2nc(NCC(C)O)n(Cc3nc(C)ccc3O)c2c1. The number of aromatic hydroxyl groups is 1. The van der Waals surface area contributed by atoms with E-state index in [-0.39, 0.29) is 5.75 Å². The molecule has 0 fully saturated rings. The Bertz CT molecular complexity index is 915. The molecule has 6 heteroatoms. The lowest BCUT2D eigenvalue weighted by atomic mass is 10.1. The van der Waals surface area contributed by atoms with E-state index >= 15 is 0 Å². The van der Waals surface area contributed by atoms with Crippen LogP contribution < -0.4 is 5.32 Å². The van der Waals surface area contributed by atoms with E-state index in [1.807, 2.05) is 18.4 Å². The molecule has 0 saturated carbocycles. The first kappa shape index (κ1) is 17.2. The van der Waals surface area contributed by atoms with E-state index in [1.54, 1.807) is 19.1 Å². The number of rotatable bonds is 5. The molecule has 0 aliphatic heterocycles. The van der Waals surface area contributed by atoms with Gasteiger partial charge >= 0.3 is 0 Å². The quantitative estimate of drug-likeness (QED) is 0.665. The van der Waals surface area contributed by atoms with E-state index in [2.05, 4.69) is 29.4 Å². The lowest BCUT2D eigenvalue weighted by Crippen LogP contribution is -2.18. The highest BCUT2D eigenvalue weighted by Gasteiger charge is 2.16. The largest absolute Gasteiger partial charge is 0.506 e. The van der Waals surface area contributed by atoms with Gasteiger partial charge in [0.05, 0.1) is 23.7 Å². The molecule has 1 aromatic carbocycles. The molecular weight excluding hydrogens is 316 g/mol. The smallest absolute Gasteiger partial charge is 0.204 e. The molecular formula is C19H24N4O2. The number of aryl methyl sites for hydroxylation is 3. The predicted molar refractivity (Wildman–Crippen MR) is 99.1 cm³/mol. The van der Waals surface area contributed by atoms with Crippen LogP contribution in [0, 0.1) is 20.8 Å². The number of hydrogen-bond acceptors (Lipinski definition) is 5. The first-order chi connectivity index (χ1) is 11.8. The summed E-state index contributed by atoms with van der Waals surface area (Å²) < 4.78 is 2.00. The highest BCUT2D eigenvalue weighted by atomic mass is 16.3. The van der Waals surface area contributed by atoms with E-state index in [0.717, 1.165) is 27.9 Å². The number of imidazole rings is 1. The van der Waals surface area contributed by atoms with Crippen LogP contribution in [0.4, 0.5) is 5.95 Å². The summed E-state index contributed by atoms with van der Waals surface area (Å²) in [5.41, 5.74) is 5.57. The number of nitrogens with zero attached hydrogens (tertiary/aromatic N) is 3. The lowest BCUT2D eigenvalue weighted by molar-refractivity contribution is 0.208. The molecule has 6 nitrogen and oxygen atoms in total. The fourth-order valence-corrected chi connectivity index (χ4v) is 2.97. The van der Waals surface area contributed by atoms with Crippen molar-refractivity contribution in [1.82, 2.24) is 14.5 Å². The molecule has 3 rings (SSSR count). The maximum Gasteiger partial charge on any atom is 0.204 e. The van der Waals surface area contributed by atoms with E-state index in [1.165, 1.54) is 0 Å². The number of aromatic nitrogens is 3. The summed E-state index contributed by atoms with van der Waals surface area (Å²) in [6.45, 7) is 8.51. The Balaban J connectivity index is 2.12. The molecule has 0 amide bonds. The Morgan fingerprint density at radius 2 is 1.92 bits per heavy atom. The number of pyridine rings is 1. The van der Waals surface area contributed by atoms with Crippen molar-refractivity contribution >= 4 is 17.0 Å². The van der Waals surface area contributed by atoms with Gasteiger partial charge < -0.3 is 20.1 Å². The molecule has 0 saturated heterocycles. The zero-order chi connectivity index (χ0) is 18.1. The predicted octanol–water partition coefficient (Wildman–Crippen LogP) is 2.90. The number of aliphatic hydroxyl groups excluding tert-OH is 1. The molecule has 0 spiro atoms. The van der Waals surface area contributed by atoms with Crippen molar-refractivity contribution in [2.24, 2.45) is 0 Å². The van der Waals surface area contributed by atoms with E-state index in [4.69, 9.17) is 4.98 Å². The minimum atomic E-state index is -0.485. The van der Waals surface area contributed by atoms with Crippen molar-refractivity contribution in [3.05, 3.63) is 46.8 Å². The van der Waals surface area contributed by atoms with Crippen LogP contribution in [0.2, 0.25) is 0 Å². The van der Waals surface area contributed by atoms with Crippen molar-refractivity contribution in [1.29, 1.82) is 0 Å². The van der Waals surface area contributed by atoms with Gasteiger partial charge in [0.25, 0.3) is 0 Å². The number of nitrogens with one attached hydrogen (secondary N) is 1. The third-order valence-electron chi connectivity index (χ3n) is 4.14. The fourth-order valence-electron chi connectivity index (χ4n) is 2.97. The summed E-state index contributed by atoms with van der Waals surface area (Å²) in [5, 5.41) is 23.0. The molecule has 0 bridgehead atoms. The van der Waals surface area contributed by atoms with Gasteiger partial charge in [-0.15, -0.1) is 0 Å². The molecule has 1 unspecified atom stereocenters. The standard InChI is InChI=1S/C19H24N4O2/c1-11-7-12(2)18-16(8-11)23(19(22-18)20-9-14(4)24)10-15-17(25)6-5-13(3)21-15/h5-8,14,24-25H,9-10H2,1-4H3,(H,20,22). The van der Waals surface area contributed by atoms with Gasteiger partial charge in [-0.2, -0.15) is 0 Å². The minimum absolute atomic E-state index is 0.165. The molecule has 0 radical (unpaired) electrons. The van der Waals surface area contributed by atoms with Gasteiger partial charge in [0.15, 0.2) is 0 Å². The van der Waals surface area contributed by atoms with Crippen molar-refractivity contribution in [3.63, 3.8) is 0 Å². The Morgan fingerprint density at radius 3 is 2.64 bits per heavy atom. The molecule has 1 atom stereocenters. The zero-order valence-electron chi connectivity index (χ0n) is 15.0. The number of fused-ring (bicyclic) bond motifs is 1. The highest BCUT2D eigenvalue weighted by molar-refractivity contribution is 5.82. The number of anilines is 1. The average Bonchev–Trinajstić information content (AvgIpc) is 2.87. The summed E-state index contributed by atoms with van der Waals surface area (Å²) in [6.07, 6.45) is -0.485. The van der Waals surface area contributed by atoms with E-state index < -0.39 is 6.10 Å². The second-order valence-electron chi connectivity index (χ2n) is 6.62. The van der Waals surface area contributed by atoms with Gasteiger partial charge in [-0.3, -0.25) is 4.98 Å². The van der Waals surface area contributed by atoms with Gasteiger partial charge in [-0.05, 0) is 57.0 Å². The minimum Gasteiger partial charge on any atom is -0.506 e. The first-order valence-electron chi connectivity index (χ1n) is 8.40. The van der Waals surface area contributed by atoms with Crippen molar-refractivity contribution in [2.75, 3.05) is 11.9 Å². The van der Waals surface area contributed by atoms with Crippen LogP contribution in [0.5, 0.6) is 5.75 Å².